The van der Waals surface area contributed by atoms with Crippen LogP contribution in [0.15, 0.2) is 23.4 Å². The molecule has 114 valence electrons. The predicted molar refractivity (Wildman–Crippen MR) is 80.9 cm³/mol. The first kappa shape index (κ1) is 17.1. The summed E-state index contributed by atoms with van der Waals surface area (Å²) in [5.41, 5.74) is 0.978. The smallest absolute Gasteiger partial charge is 0.258 e. The lowest BCUT2D eigenvalue weighted by atomic mass is 10.0. The molecule has 1 rings (SSSR count). The lowest BCUT2D eigenvalue weighted by Gasteiger charge is -2.13. The Kier molecular flexibility index (Phi) is 7.12. The molecule has 6 heteroatoms. The maximum atomic E-state index is 12.1. The van der Waals surface area contributed by atoms with Gasteiger partial charge in [-0.1, -0.05) is 39.7 Å². The maximum Gasteiger partial charge on any atom is 0.258 e. The Balaban J connectivity index is 2.67. The van der Waals surface area contributed by atoms with Crippen molar-refractivity contribution in [1.82, 2.24) is 15.0 Å². The van der Waals surface area contributed by atoms with Crippen molar-refractivity contribution in [2.75, 3.05) is 13.1 Å². The summed E-state index contributed by atoms with van der Waals surface area (Å²) in [4.78, 5) is 4.04. The first-order valence-corrected chi connectivity index (χ1v) is 8.67. The molecule has 0 aliphatic carbocycles. The van der Waals surface area contributed by atoms with Crippen LogP contribution in [-0.4, -0.2) is 26.5 Å². The zero-order valence-electron chi connectivity index (χ0n) is 12.5. The Hall–Kier alpha value is -0.980. The molecule has 0 atom stereocenters. The molecule has 0 aromatic carbocycles. The fourth-order valence-corrected chi connectivity index (χ4v) is 2.86. The number of sulfonamides is 1. The van der Waals surface area contributed by atoms with E-state index in [1.54, 1.807) is 18.3 Å². The first-order chi connectivity index (χ1) is 9.53. The zero-order valence-corrected chi connectivity index (χ0v) is 13.3. The number of nitrogens with zero attached hydrogens (tertiary/aromatic N) is 1. The average molecular weight is 299 g/mol. The molecule has 0 aliphatic rings. The van der Waals surface area contributed by atoms with Gasteiger partial charge in [-0.15, -0.1) is 0 Å². The van der Waals surface area contributed by atoms with E-state index in [9.17, 15) is 8.42 Å². The van der Waals surface area contributed by atoms with Gasteiger partial charge in [0.1, 0.15) is 0 Å². The van der Waals surface area contributed by atoms with E-state index in [1.165, 1.54) is 0 Å². The van der Waals surface area contributed by atoms with Gasteiger partial charge in [0.05, 0.1) is 0 Å². The Morgan fingerprint density at radius 1 is 1.20 bits per heavy atom. The van der Waals surface area contributed by atoms with Gasteiger partial charge in [0.25, 0.3) is 10.0 Å². The molecule has 5 nitrogen and oxygen atoms in total. The highest BCUT2D eigenvalue weighted by molar-refractivity contribution is 7.89. The van der Waals surface area contributed by atoms with Gasteiger partial charge in [-0.05, 0) is 24.1 Å². The van der Waals surface area contributed by atoms with Crippen LogP contribution in [0.4, 0.5) is 0 Å². The molecule has 2 N–H and O–H groups in total. The topological polar surface area (TPSA) is 71.1 Å². The van der Waals surface area contributed by atoms with Crippen molar-refractivity contribution in [3.8, 4) is 0 Å². The third-order valence-electron chi connectivity index (χ3n) is 3.37. The molecule has 0 aliphatic heterocycles. The van der Waals surface area contributed by atoms with Crippen LogP contribution in [0.25, 0.3) is 0 Å². The second-order valence-electron chi connectivity index (χ2n) is 4.82. The van der Waals surface area contributed by atoms with Gasteiger partial charge in [-0.25, -0.2) is 18.1 Å². The van der Waals surface area contributed by atoms with Crippen molar-refractivity contribution < 1.29 is 8.42 Å². The predicted octanol–water partition coefficient (Wildman–Crippen LogP) is 1.91. The number of pyridine rings is 1. The number of hydrogen-bond acceptors (Lipinski definition) is 4. The monoisotopic (exact) mass is 299 g/mol. The molecule has 0 fully saturated rings. The molecular formula is C14H25N3O2S. The number of aromatic nitrogens is 1. The Bertz CT molecular complexity index is 482. The number of nitrogens with one attached hydrogen (secondary N) is 2. The Morgan fingerprint density at radius 2 is 1.90 bits per heavy atom. The molecule has 0 unspecified atom stereocenters. The fourth-order valence-electron chi connectivity index (χ4n) is 1.82. The van der Waals surface area contributed by atoms with Gasteiger partial charge >= 0.3 is 0 Å². The Morgan fingerprint density at radius 3 is 2.40 bits per heavy atom. The van der Waals surface area contributed by atoms with Crippen molar-refractivity contribution in [2.45, 2.75) is 45.2 Å². The van der Waals surface area contributed by atoms with E-state index in [0.29, 0.717) is 19.0 Å². The summed E-state index contributed by atoms with van der Waals surface area (Å²) < 4.78 is 26.8. The molecule has 0 radical (unpaired) electrons. The minimum absolute atomic E-state index is 0.0868. The quantitative estimate of drug-likeness (QED) is 0.730. The van der Waals surface area contributed by atoms with Crippen molar-refractivity contribution in [1.29, 1.82) is 0 Å². The number of hydrogen-bond donors (Lipinski definition) is 2. The third kappa shape index (κ3) is 5.19. The van der Waals surface area contributed by atoms with E-state index in [-0.39, 0.29) is 5.03 Å². The van der Waals surface area contributed by atoms with Crippen molar-refractivity contribution >= 4 is 10.0 Å². The minimum atomic E-state index is -3.49. The first-order valence-electron chi connectivity index (χ1n) is 7.18. The van der Waals surface area contributed by atoms with Crippen molar-refractivity contribution in [3.63, 3.8) is 0 Å². The van der Waals surface area contributed by atoms with Gasteiger partial charge in [-0.2, -0.15) is 0 Å². The van der Waals surface area contributed by atoms with Gasteiger partial charge in [0.2, 0.25) is 0 Å². The molecule has 1 aromatic heterocycles. The summed E-state index contributed by atoms with van der Waals surface area (Å²) in [6.45, 7) is 8.19. The van der Waals surface area contributed by atoms with Gasteiger partial charge in [-0.3, -0.25) is 0 Å². The largest absolute Gasteiger partial charge is 0.313 e. The average Bonchev–Trinajstić information content (AvgIpc) is 2.46. The van der Waals surface area contributed by atoms with Crippen LogP contribution in [0.2, 0.25) is 0 Å². The molecule has 1 aromatic rings. The van der Waals surface area contributed by atoms with Crippen molar-refractivity contribution in [2.24, 2.45) is 5.92 Å². The lowest BCUT2D eigenvalue weighted by Crippen LogP contribution is -2.29. The normalized spacial score (nSPS) is 12.0. The summed E-state index contributed by atoms with van der Waals surface area (Å²) in [6, 6.07) is 3.35. The van der Waals surface area contributed by atoms with Crippen molar-refractivity contribution in [3.05, 3.63) is 23.9 Å². The summed E-state index contributed by atoms with van der Waals surface area (Å²) in [6.07, 6.45) is 3.54. The molecule has 0 bridgehead atoms. The standard InChI is InChI=1S/C14H25N3O2S/c1-4-12(5-2)11-17-20(18,19)14-8-7-13(10-16-14)9-15-6-3/h7-8,10,12,15,17H,4-6,9,11H2,1-3H3. The van der Waals surface area contributed by atoms with Crippen LogP contribution in [0.1, 0.15) is 39.2 Å². The summed E-state index contributed by atoms with van der Waals surface area (Å²) >= 11 is 0. The molecular weight excluding hydrogens is 274 g/mol. The summed E-state index contributed by atoms with van der Waals surface area (Å²) in [5, 5.41) is 3.26. The van der Waals surface area contributed by atoms with E-state index in [0.717, 1.165) is 24.9 Å². The highest BCUT2D eigenvalue weighted by Gasteiger charge is 2.16. The highest BCUT2D eigenvalue weighted by atomic mass is 32.2. The van der Waals surface area contributed by atoms with Gasteiger partial charge in [0, 0.05) is 19.3 Å². The molecule has 20 heavy (non-hydrogen) atoms. The maximum absolute atomic E-state index is 12.1. The van der Waals surface area contributed by atoms with Gasteiger partial charge < -0.3 is 5.32 Å². The second kappa shape index (κ2) is 8.34. The van der Waals surface area contributed by atoms with E-state index in [2.05, 4.69) is 28.9 Å². The lowest BCUT2D eigenvalue weighted by molar-refractivity contribution is 0.478. The van der Waals surface area contributed by atoms with Crippen LogP contribution in [0, 0.1) is 5.92 Å². The molecule has 0 amide bonds. The van der Waals surface area contributed by atoms with Crippen LogP contribution in [0.5, 0.6) is 0 Å². The second-order valence-corrected chi connectivity index (χ2v) is 6.53. The van der Waals surface area contributed by atoms with Crippen LogP contribution in [0.3, 0.4) is 0 Å². The van der Waals surface area contributed by atoms with E-state index >= 15 is 0 Å². The molecule has 0 saturated heterocycles. The fraction of sp³-hybridized carbons (Fsp3) is 0.643. The minimum Gasteiger partial charge on any atom is -0.313 e. The van der Waals surface area contributed by atoms with E-state index < -0.39 is 10.0 Å². The molecule has 1 heterocycles. The highest BCUT2D eigenvalue weighted by Crippen LogP contribution is 2.10. The van der Waals surface area contributed by atoms with E-state index in [1.807, 2.05) is 6.92 Å². The van der Waals surface area contributed by atoms with Gasteiger partial charge in [0.15, 0.2) is 5.03 Å². The Labute approximate surface area is 122 Å². The zero-order chi connectivity index (χ0) is 15.0. The van der Waals surface area contributed by atoms with E-state index in [4.69, 9.17) is 0 Å². The molecule has 0 saturated carbocycles. The summed E-state index contributed by atoms with van der Waals surface area (Å²) in [7, 11) is -3.49. The van der Waals surface area contributed by atoms with Crippen LogP contribution >= 0.6 is 0 Å². The summed E-state index contributed by atoms with van der Waals surface area (Å²) in [5.74, 6) is 0.373. The molecule has 0 spiro atoms. The van der Waals surface area contributed by atoms with Crippen LogP contribution < -0.4 is 10.0 Å². The third-order valence-corrected chi connectivity index (χ3v) is 4.71. The van der Waals surface area contributed by atoms with Crippen LogP contribution in [-0.2, 0) is 16.6 Å². The SMILES string of the molecule is CCNCc1ccc(S(=O)(=O)NCC(CC)CC)nc1. The number of rotatable bonds is 9.